The first-order valence-electron chi connectivity index (χ1n) is 15.8. The minimum atomic E-state index is 1.19. The highest BCUT2D eigenvalue weighted by Gasteiger charge is 2.21. The van der Waals surface area contributed by atoms with Crippen molar-refractivity contribution in [1.82, 2.24) is 4.57 Å². The van der Waals surface area contributed by atoms with Crippen LogP contribution in [0.5, 0.6) is 0 Å². The number of para-hydroxylation sites is 2. The molecule has 0 aliphatic carbocycles. The van der Waals surface area contributed by atoms with E-state index >= 15 is 0 Å². The van der Waals surface area contributed by atoms with Gasteiger partial charge in [0.25, 0.3) is 0 Å². The molecule has 10 rings (SSSR count). The summed E-state index contributed by atoms with van der Waals surface area (Å²) in [6.07, 6.45) is 0. The second kappa shape index (κ2) is 9.90. The largest absolute Gasteiger partial charge is 0.308 e. The average molecular weight is 602 g/mol. The van der Waals surface area contributed by atoms with Gasteiger partial charge in [0.2, 0.25) is 0 Å². The van der Waals surface area contributed by atoms with Crippen LogP contribution in [0.3, 0.4) is 0 Å². The number of benzene rings is 8. The van der Waals surface area contributed by atoms with Crippen molar-refractivity contribution in [3.63, 3.8) is 0 Å². The third kappa shape index (κ3) is 3.62. The van der Waals surface area contributed by atoms with Crippen molar-refractivity contribution in [2.24, 2.45) is 0 Å². The van der Waals surface area contributed by atoms with Gasteiger partial charge < -0.3 is 4.57 Å². The molecule has 0 N–H and O–H groups in total. The average Bonchev–Trinajstić information content (AvgIpc) is 3.65. The Morgan fingerprint density at radius 3 is 1.74 bits per heavy atom. The highest BCUT2D eigenvalue weighted by atomic mass is 32.1. The lowest BCUT2D eigenvalue weighted by Gasteiger charge is -2.19. The van der Waals surface area contributed by atoms with Gasteiger partial charge in [-0.3, -0.25) is 0 Å². The fourth-order valence-corrected chi connectivity index (χ4v) is 8.90. The number of thiophene rings is 1. The maximum atomic E-state index is 2.44. The molecular weight excluding hydrogens is 575 g/mol. The zero-order valence-corrected chi connectivity index (χ0v) is 25.8. The van der Waals surface area contributed by atoms with Crippen LogP contribution in [0.15, 0.2) is 164 Å². The maximum Gasteiger partial charge on any atom is 0.0727 e. The highest BCUT2D eigenvalue weighted by molar-refractivity contribution is 7.26. The molecule has 2 heterocycles. The summed E-state index contributed by atoms with van der Waals surface area (Å²) >= 11 is 1.91. The summed E-state index contributed by atoms with van der Waals surface area (Å²) in [5, 5.41) is 10.3. The van der Waals surface area contributed by atoms with Crippen LogP contribution in [0.1, 0.15) is 0 Å². The molecule has 1 nitrogen and oxygen atoms in total. The summed E-state index contributed by atoms with van der Waals surface area (Å²) in [5.41, 5.74) is 8.87. The molecule has 214 valence electrons. The Hall–Kier alpha value is -5.70. The highest BCUT2D eigenvalue weighted by Crippen LogP contribution is 2.48. The van der Waals surface area contributed by atoms with E-state index in [1.165, 1.54) is 91.5 Å². The van der Waals surface area contributed by atoms with Crippen molar-refractivity contribution in [3.8, 4) is 27.9 Å². The number of nitrogens with zero attached hydrogens (tertiary/aromatic N) is 1. The summed E-state index contributed by atoms with van der Waals surface area (Å²) in [5.74, 6) is 0. The summed E-state index contributed by atoms with van der Waals surface area (Å²) in [4.78, 5) is 0. The number of aromatic nitrogens is 1. The van der Waals surface area contributed by atoms with E-state index < -0.39 is 0 Å². The van der Waals surface area contributed by atoms with Crippen molar-refractivity contribution in [2.45, 2.75) is 0 Å². The fraction of sp³-hybridized carbons (Fsp3) is 0. The van der Waals surface area contributed by atoms with Gasteiger partial charge in [-0.05, 0) is 78.8 Å². The predicted octanol–water partition coefficient (Wildman–Crippen LogP) is 12.8. The van der Waals surface area contributed by atoms with Crippen LogP contribution in [-0.4, -0.2) is 4.57 Å². The first kappa shape index (κ1) is 25.6. The zero-order valence-electron chi connectivity index (χ0n) is 24.9. The summed E-state index contributed by atoms with van der Waals surface area (Å²) < 4.78 is 5.09. The van der Waals surface area contributed by atoms with Crippen LogP contribution < -0.4 is 0 Å². The van der Waals surface area contributed by atoms with Crippen LogP contribution >= 0.6 is 11.3 Å². The van der Waals surface area contributed by atoms with E-state index in [0.29, 0.717) is 0 Å². The van der Waals surface area contributed by atoms with Crippen molar-refractivity contribution in [1.29, 1.82) is 0 Å². The predicted molar refractivity (Wildman–Crippen MR) is 200 cm³/mol. The summed E-state index contributed by atoms with van der Waals surface area (Å²) in [7, 11) is 0. The Kier molecular flexibility index (Phi) is 5.51. The fourth-order valence-electron chi connectivity index (χ4n) is 7.64. The SMILES string of the molecule is c1ccc(-n2c3ccccc3c3sc4cc(-c5c6ccccc6c(-c6cccc7ccccc67)c6ccccc56)ccc4c32)cc1. The molecule has 46 heavy (non-hydrogen) atoms. The molecule has 0 bridgehead atoms. The molecular formula is C44H27NS. The van der Waals surface area contributed by atoms with E-state index in [1.54, 1.807) is 0 Å². The third-order valence-electron chi connectivity index (χ3n) is 9.57. The standard InChI is InChI=1S/C44H27NS/c1-2-15-30(16-3-1)45-39-24-11-10-22-37(39)44-43(45)38-26-25-29(27-40(38)46-44)41-33-18-6-8-20-35(33)42(36-21-9-7-19-34(36)41)32-23-12-14-28-13-4-5-17-31(28)32/h1-27H. The first-order valence-corrected chi connectivity index (χ1v) is 16.6. The van der Waals surface area contributed by atoms with Crippen LogP contribution in [0.4, 0.5) is 0 Å². The lowest BCUT2D eigenvalue weighted by Crippen LogP contribution is -1.93. The molecule has 0 aliphatic rings. The van der Waals surface area contributed by atoms with Gasteiger partial charge in [0.05, 0.1) is 15.7 Å². The van der Waals surface area contributed by atoms with Gasteiger partial charge in [-0.25, -0.2) is 0 Å². The molecule has 8 aromatic carbocycles. The number of rotatable bonds is 3. The van der Waals surface area contributed by atoms with Gasteiger partial charge in [-0.2, -0.15) is 0 Å². The molecule has 0 fully saturated rings. The van der Waals surface area contributed by atoms with Crippen LogP contribution in [0, 0.1) is 0 Å². The second-order valence-corrected chi connectivity index (χ2v) is 13.1. The molecule has 0 atom stereocenters. The van der Waals surface area contributed by atoms with Crippen LogP contribution in [0.25, 0.3) is 91.5 Å². The van der Waals surface area contributed by atoms with Crippen molar-refractivity contribution in [3.05, 3.63) is 164 Å². The molecule has 0 aliphatic heterocycles. The first-order chi connectivity index (χ1) is 22.8. The van der Waals surface area contributed by atoms with Gasteiger partial charge >= 0.3 is 0 Å². The monoisotopic (exact) mass is 601 g/mol. The quantitative estimate of drug-likeness (QED) is 0.178. The molecule has 2 aromatic heterocycles. The number of hydrogen-bond donors (Lipinski definition) is 0. The summed E-state index contributed by atoms with van der Waals surface area (Å²) in [6.45, 7) is 0. The van der Waals surface area contributed by atoms with E-state index in [4.69, 9.17) is 0 Å². The molecule has 2 heteroatoms. The summed E-state index contributed by atoms with van der Waals surface area (Å²) in [6, 6.07) is 60.0. The van der Waals surface area contributed by atoms with E-state index in [0.717, 1.165) is 0 Å². The zero-order chi connectivity index (χ0) is 30.2. The lowest BCUT2D eigenvalue weighted by atomic mass is 9.84. The van der Waals surface area contributed by atoms with Gasteiger partial charge in [0.15, 0.2) is 0 Å². The Balaban J connectivity index is 1.28. The third-order valence-corrected chi connectivity index (χ3v) is 10.7. The second-order valence-electron chi connectivity index (χ2n) is 12.0. The lowest BCUT2D eigenvalue weighted by molar-refractivity contribution is 1.19. The molecule has 0 spiro atoms. The minimum Gasteiger partial charge on any atom is -0.308 e. The van der Waals surface area contributed by atoms with E-state index in [-0.39, 0.29) is 0 Å². The Bertz CT molecular complexity index is 2740. The van der Waals surface area contributed by atoms with Crippen LogP contribution in [0.2, 0.25) is 0 Å². The molecule has 0 saturated carbocycles. The number of hydrogen-bond acceptors (Lipinski definition) is 1. The maximum absolute atomic E-state index is 2.44. The van der Waals surface area contributed by atoms with Crippen LogP contribution in [-0.2, 0) is 0 Å². The smallest absolute Gasteiger partial charge is 0.0727 e. The van der Waals surface area contributed by atoms with Gasteiger partial charge in [-0.1, -0.05) is 140 Å². The van der Waals surface area contributed by atoms with Crippen molar-refractivity contribution >= 4 is 74.9 Å². The van der Waals surface area contributed by atoms with E-state index in [2.05, 4.69) is 168 Å². The Morgan fingerprint density at radius 2 is 1.00 bits per heavy atom. The molecule has 0 radical (unpaired) electrons. The Morgan fingerprint density at radius 1 is 0.413 bits per heavy atom. The van der Waals surface area contributed by atoms with Gasteiger partial charge in [0, 0.05) is 21.2 Å². The topological polar surface area (TPSA) is 4.93 Å². The molecule has 0 saturated heterocycles. The minimum absolute atomic E-state index is 1.19. The van der Waals surface area contributed by atoms with Crippen molar-refractivity contribution in [2.75, 3.05) is 0 Å². The van der Waals surface area contributed by atoms with E-state index in [1.807, 2.05) is 11.3 Å². The Labute approximate surface area is 270 Å². The molecule has 10 aromatic rings. The van der Waals surface area contributed by atoms with Gasteiger partial charge in [-0.15, -0.1) is 11.3 Å². The van der Waals surface area contributed by atoms with E-state index in [9.17, 15) is 0 Å². The van der Waals surface area contributed by atoms with Crippen molar-refractivity contribution < 1.29 is 0 Å². The number of fused-ring (bicyclic) bond motifs is 8. The van der Waals surface area contributed by atoms with Gasteiger partial charge in [0.1, 0.15) is 0 Å². The molecule has 0 amide bonds. The normalized spacial score (nSPS) is 11.9. The molecule has 0 unspecified atom stereocenters.